The number of ether oxygens (including phenoxy) is 2. The average Bonchev–Trinajstić information content (AvgIpc) is 2.84. The van der Waals surface area contributed by atoms with Gasteiger partial charge in [0, 0.05) is 12.5 Å². The summed E-state index contributed by atoms with van der Waals surface area (Å²) < 4.78 is 10.8. The zero-order valence-corrected chi connectivity index (χ0v) is 19.6. The van der Waals surface area contributed by atoms with Crippen LogP contribution in [0.5, 0.6) is 11.5 Å². The van der Waals surface area contributed by atoms with Crippen molar-refractivity contribution in [3.8, 4) is 11.5 Å². The topological polar surface area (TPSA) is 173 Å². The summed E-state index contributed by atoms with van der Waals surface area (Å²) in [6.07, 6.45) is -1.76. The summed E-state index contributed by atoms with van der Waals surface area (Å²) in [4.78, 5) is 49.3. The highest BCUT2D eigenvalue weighted by Crippen LogP contribution is 2.33. The summed E-state index contributed by atoms with van der Waals surface area (Å²) in [5.41, 5.74) is 0.627. The number of carbonyl (C=O) groups excluding carboxylic acids is 3. The second-order valence-electron chi connectivity index (χ2n) is 8.19. The fraction of sp³-hybridized carbons (Fsp3) is 0.348. The molecule has 2 heterocycles. The number of anilines is 2. The highest BCUT2D eigenvalue weighted by molar-refractivity contribution is 6.01. The maximum atomic E-state index is 13.2. The fourth-order valence-electron chi connectivity index (χ4n) is 4.30. The summed E-state index contributed by atoms with van der Waals surface area (Å²) in [6.45, 7) is 1.92. The number of methoxy groups -OCH3 is 1. The van der Waals surface area contributed by atoms with Crippen LogP contribution in [0.4, 0.5) is 17.1 Å². The molecule has 2 fully saturated rings. The maximum absolute atomic E-state index is 13.2. The Morgan fingerprint density at radius 3 is 2.64 bits per heavy atom. The molecule has 13 heteroatoms. The Kier molecular flexibility index (Phi) is 7.20. The highest BCUT2D eigenvalue weighted by atomic mass is 16.6. The van der Waals surface area contributed by atoms with Gasteiger partial charge in [-0.3, -0.25) is 29.8 Å². The fourth-order valence-corrected chi connectivity index (χ4v) is 4.30. The Balaban J connectivity index is 1.51. The molecule has 2 aliphatic heterocycles. The molecule has 0 saturated carbocycles. The molecule has 13 nitrogen and oxygen atoms in total. The first-order valence-corrected chi connectivity index (χ1v) is 11.3. The third-order valence-electron chi connectivity index (χ3n) is 5.93. The van der Waals surface area contributed by atoms with E-state index in [9.17, 15) is 24.5 Å². The number of nitro benzene ring substituents is 1. The lowest BCUT2D eigenvalue weighted by molar-refractivity contribution is -0.384. The molecule has 3 amide bonds. The van der Waals surface area contributed by atoms with Gasteiger partial charge in [-0.25, -0.2) is 0 Å². The van der Waals surface area contributed by atoms with Gasteiger partial charge in [0.25, 0.3) is 5.69 Å². The van der Waals surface area contributed by atoms with Crippen LogP contribution in [0.1, 0.15) is 13.3 Å². The van der Waals surface area contributed by atoms with Crippen molar-refractivity contribution in [1.82, 2.24) is 16.0 Å². The zero-order chi connectivity index (χ0) is 25.8. The number of nitro groups is 1. The molecule has 2 aliphatic rings. The van der Waals surface area contributed by atoms with E-state index in [1.54, 1.807) is 31.2 Å². The first-order valence-electron chi connectivity index (χ1n) is 11.3. The first-order chi connectivity index (χ1) is 17.3. The number of carbonyl (C=O) groups is 3. The maximum Gasteiger partial charge on any atom is 0.273 e. The second kappa shape index (κ2) is 10.5. The van der Waals surface area contributed by atoms with E-state index in [-0.39, 0.29) is 30.2 Å². The van der Waals surface area contributed by atoms with Gasteiger partial charge in [-0.15, -0.1) is 0 Å². The van der Waals surface area contributed by atoms with Crippen molar-refractivity contribution in [2.24, 2.45) is 11.8 Å². The van der Waals surface area contributed by atoms with E-state index >= 15 is 0 Å². The van der Waals surface area contributed by atoms with Crippen LogP contribution in [0.15, 0.2) is 42.5 Å². The van der Waals surface area contributed by atoms with Gasteiger partial charge in [0.05, 0.1) is 54.1 Å². The predicted molar refractivity (Wildman–Crippen MR) is 128 cm³/mol. The number of benzene rings is 2. The van der Waals surface area contributed by atoms with Crippen LogP contribution in [0.2, 0.25) is 0 Å². The molecular formula is C23H26N6O7. The van der Waals surface area contributed by atoms with Crippen molar-refractivity contribution in [2.45, 2.75) is 25.8 Å². The van der Waals surface area contributed by atoms with Gasteiger partial charge in [0.2, 0.25) is 17.7 Å². The van der Waals surface area contributed by atoms with E-state index in [0.29, 0.717) is 11.4 Å². The highest BCUT2D eigenvalue weighted by Gasteiger charge is 2.48. The summed E-state index contributed by atoms with van der Waals surface area (Å²) >= 11 is 0. The molecule has 4 unspecified atom stereocenters. The summed E-state index contributed by atoms with van der Waals surface area (Å²) in [5.74, 6) is -2.62. The molecule has 0 aromatic heterocycles. The number of hydrogen-bond acceptors (Lipinski definition) is 9. The third-order valence-corrected chi connectivity index (χ3v) is 5.93. The van der Waals surface area contributed by atoms with Crippen molar-refractivity contribution in [3.63, 3.8) is 0 Å². The largest absolute Gasteiger partial charge is 0.495 e. The summed E-state index contributed by atoms with van der Waals surface area (Å²) in [5, 5.41) is 25.5. The molecule has 5 N–H and O–H groups in total. The molecule has 36 heavy (non-hydrogen) atoms. The van der Waals surface area contributed by atoms with Crippen molar-refractivity contribution < 1.29 is 28.8 Å². The second-order valence-corrected chi connectivity index (χ2v) is 8.19. The molecular weight excluding hydrogens is 472 g/mol. The standard InChI is InChI=1S/C23H26N6O7/c1-3-36-17-10-12(29(33)34)8-9-15(17)24-21(31)13-11-18(30)26-20-19(13)22(32)28-23(27-20)25-14-6-4-5-7-16(14)35-2/h4-10,13,19-20,23,25,27H,3,11H2,1-2H3,(H,24,31)(H,26,30)(H,28,32). The Morgan fingerprint density at radius 2 is 1.92 bits per heavy atom. The SMILES string of the molecule is CCOc1cc([N+](=O)[O-])ccc1NC(=O)C1CC(=O)NC2NC(Nc3ccccc3OC)NC(=O)C21. The van der Waals surface area contributed by atoms with Crippen LogP contribution in [0, 0.1) is 22.0 Å². The van der Waals surface area contributed by atoms with Gasteiger partial charge >= 0.3 is 0 Å². The Hall–Kier alpha value is -4.39. The van der Waals surface area contributed by atoms with Gasteiger partial charge in [0.15, 0.2) is 6.29 Å². The van der Waals surface area contributed by atoms with Crippen LogP contribution >= 0.6 is 0 Å². The quantitative estimate of drug-likeness (QED) is 0.264. The molecule has 4 rings (SSSR count). The molecule has 2 aromatic carbocycles. The van der Waals surface area contributed by atoms with Crippen LogP contribution in [-0.4, -0.2) is 48.8 Å². The molecule has 0 radical (unpaired) electrons. The van der Waals surface area contributed by atoms with Gasteiger partial charge in [0.1, 0.15) is 11.5 Å². The van der Waals surface area contributed by atoms with Crippen molar-refractivity contribution >= 4 is 34.8 Å². The van der Waals surface area contributed by atoms with E-state index in [0.717, 1.165) is 0 Å². The van der Waals surface area contributed by atoms with Gasteiger partial charge < -0.3 is 30.7 Å². The number of fused-ring (bicyclic) bond motifs is 1. The van der Waals surface area contributed by atoms with E-state index in [1.165, 1.54) is 25.3 Å². The molecule has 0 bridgehead atoms. The van der Waals surface area contributed by atoms with E-state index < -0.39 is 46.9 Å². The van der Waals surface area contributed by atoms with Crippen molar-refractivity contribution in [2.75, 3.05) is 24.4 Å². The van der Waals surface area contributed by atoms with E-state index in [2.05, 4.69) is 26.6 Å². The minimum atomic E-state index is -0.992. The summed E-state index contributed by atoms with van der Waals surface area (Å²) in [6, 6.07) is 10.9. The van der Waals surface area contributed by atoms with Gasteiger partial charge in [-0.1, -0.05) is 12.1 Å². The average molecular weight is 498 g/mol. The van der Waals surface area contributed by atoms with Crippen LogP contribution in [0.25, 0.3) is 0 Å². The Morgan fingerprint density at radius 1 is 1.14 bits per heavy atom. The number of rotatable bonds is 8. The van der Waals surface area contributed by atoms with Gasteiger partial charge in [-0.2, -0.15) is 0 Å². The van der Waals surface area contributed by atoms with E-state index in [4.69, 9.17) is 9.47 Å². The van der Waals surface area contributed by atoms with Gasteiger partial charge in [-0.05, 0) is 25.1 Å². The molecule has 0 spiro atoms. The zero-order valence-electron chi connectivity index (χ0n) is 19.6. The summed E-state index contributed by atoms with van der Waals surface area (Å²) in [7, 11) is 1.52. The number of nitrogens with one attached hydrogen (secondary N) is 5. The number of piperidine rings is 1. The van der Waals surface area contributed by atoms with Crippen molar-refractivity contribution in [3.05, 3.63) is 52.6 Å². The monoisotopic (exact) mass is 498 g/mol. The smallest absolute Gasteiger partial charge is 0.273 e. The minimum Gasteiger partial charge on any atom is -0.495 e. The Labute approximate surface area is 206 Å². The number of non-ortho nitro benzene ring substituents is 1. The minimum absolute atomic E-state index is 0.115. The number of hydrogen-bond donors (Lipinski definition) is 5. The lowest BCUT2D eigenvalue weighted by atomic mass is 9.81. The first kappa shape index (κ1) is 24.7. The Bertz CT molecular complexity index is 1190. The molecule has 4 atom stereocenters. The molecule has 0 aliphatic carbocycles. The molecule has 190 valence electrons. The number of amides is 3. The van der Waals surface area contributed by atoms with Crippen LogP contribution < -0.4 is 36.1 Å². The third kappa shape index (κ3) is 5.15. The normalized spacial score (nSPS) is 22.9. The lowest BCUT2D eigenvalue weighted by Gasteiger charge is -2.43. The van der Waals surface area contributed by atoms with Crippen LogP contribution in [-0.2, 0) is 14.4 Å². The van der Waals surface area contributed by atoms with Crippen molar-refractivity contribution in [1.29, 1.82) is 0 Å². The number of para-hydroxylation sites is 2. The lowest BCUT2D eigenvalue weighted by Crippen LogP contribution is -2.72. The number of nitrogens with zero attached hydrogens (tertiary/aromatic N) is 1. The predicted octanol–water partition coefficient (Wildman–Crippen LogP) is 1.13. The molecule has 2 saturated heterocycles. The van der Waals surface area contributed by atoms with E-state index in [1.807, 2.05) is 0 Å². The molecule has 2 aromatic rings. The van der Waals surface area contributed by atoms with Crippen LogP contribution in [0.3, 0.4) is 0 Å².